The van der Waals surface area contributed by atoms with Gasteiger partial charge in [-0.25, -0.2) is 0 Å². The Morgan fingerprint density at radius 3 is 2.73 bits per heavy atom. The lowest BCUT2D eigenvalue weighted by Crippen LogP contribution is -2.46. The van der Waals surface area contributed by atoms with Crippen LogP contribution < -0.4 is 4.74 Å². The summed E-state index contributed by atoms with van der Waals surface area (Å²) in [7, 11) is 1.27. The standard InChI is InChI=1S/C15H15F2NO4/c1-21-12(19)7-18-8-15(4-5-15)11-6-9(22-14(16)17)2-3-10(11)13(18)20/h2-3,6,14H,4-5,7-8H2,1H3. The van der Waals surface area contributed by atoms with Crippen LogP contribution in [0.4, 0.5) is 8.78 Å². The fourth-order valence-corrected chi connectivity index (χ4v) is 2.94. The molecular weight excluding hydrogens is 296 g/mol. The van der Waals surface area contributed by atoms with Gasteiger partial charge in [0.2, 0.25) is 0 Å². The van der Waals surface area contributed by atoms with Crippen LogP contribution in [0.25, 0.3) is 0 Å². The number of hydrogen-bond donors (Lipinski definition) is 0. The van der Waals surface area contributed by atoms with E-state index in [9.17, 15) is 18.4 Å². The molecular formula is C15H15F2NO4. The van der Waals surface area contributed by atoms with Gasteiger partial charge in [0.05, 0.1) is 7.11 Å². The van der Waals surface area contributed by atoms with E-state index in [2.05, 4.69) is 9.47 Å². The first-order valence-electron chi connectivity index (χ1n) is 6.91. The minimum absolute atomic E-state index is 0.0502. The maximum absolute atomic E-state index is 12.4. The maximum atomic E-state index is 12.4. The molecule has 3 rings (SSSR count). The molecule has 2 aliphatic rings. The molecule has 1 fully saturated rings. The fraction of sp³-hybridized carbons (Fsp3) is 0.467. The molecule has 0 N–H and O–H groups in total. The molecule has 0 atom stereocenters. The molecule has 1 amide bonds. The Bertz CT molecular complexity index is 628. The van der Waals surface area contributed by atoms with Crippen LogP contribution in [0.1, 0.15) is 28.8 Å². The summed E-state index contributed by atoms with van der Waals surface area (Å²) in [5, 5.41) is 0. The molecule has 118 valence electrons. The SMILES string of the molecule is COC(=O)CN1CC2(CC2)c2cc(OC(F)F)ccc2C1=O. The number of ether oxygens (including phenoxy) is 2. The maximum Gasteiger partial charge on any atom is 0.387 e. The molecule has 0 saturated heterocycles. The molecule has 1 aliphatic carbocycles. The van der Waals surface area contributed by atoms with Crippen LogP contribution in [-0.4, -0.2) is 43.6 Å². The zero-order chi connectivity index (χ0) is 15.9. The van der Waals surface area contributed by atoms with Crippen LogP contribution >= 0.6 is 0 Å². The highest BCUT2D eigenvalue weighted by Gasteiger charge is 2.51. The van der Waals surface area contributed by atoms with E-state index in [1.165, 1.54) is 30.2 Å². The number of carbonyl (C=O) groups excluding carboxylic acids is 2. The number of rotatable bonds is 4. The van der Waals surface area contributed by atoms with Crippen molar-refractivity contribution in [1.29, 1.82) is 0 Å². The lowest BCUT2D eigenvalue weighted by molar-refractivity contribution is -0.141. The molecule has 7 heteroatoms. The molecule has 1 aromatic rings. The van der Waals surface area contributed by atoms with Crippen molar-refractivity contribution in [3.05, 3.63) is 29.3 Å². The fourth-order valence-electron chi connectivity index (χ4n) is 2.94. The van der Waals surface area contributed by atoms with Crippen LogP contribution in [-0.2, 0) is 14.9 Å². The molecule has 0 radical (unpaired) electrons. The average Bonchev–Trinajstić information content (AvgIpc) is 3.24. The quantitative estimate of drug-likeness (QED) is 0.798. The van der Waals surface area contributed by atoms with E-state index in [0.717, 1.165) is 18.4 Å². The Hall–Kier alpha value is -2.18. The Kier molecular flexibility index (Phi) is 3.50. The molecule has 1 saturated carbocycles. The van der Waals surface area contributed by atoms with Gasteiger partial charge in [0.1, 0.15) is 12.3 Å². The second-order valence-corrected chi connectivity index (χ2v) is 5.60. The zero-order valence-electron chi connectivity index (χ0n) is 12.0. The van der Waals surface area contributed by atoms with Crippen LogP contribution in [0.2, 0.25) is 0 Å². The van der Waals surface area contributed by atoms with Crippen molar-refractivity contribution in [2.45, 2.75) is 24.9 Å². The van der Waals surface area contributed by atoms with E-state index in [-0.39, 0.29) is 23.6 Å². The molecule has 0 bridgehead atoms. The van der Waals surface area contributed by atoms with Crippen LogP contribution in [0.5, 0.6) is 5.75 Å². The third-order valence-corrected chi connectivity index (χ3v) is 4.20. The van der Waals surface area contributed by atoms with E-state index in [1.807, 2.05) is 0 Å². The van der Waals surface area contributed by atoms with Gasteiger partial charge in [-0.15, -0.1) is 0 Å². The minimum Gasteiger partial charge on any atom is -0.468 e. The summed E-state index contributed by atoms with van der Waals surface area (Å²) < 4.78 is 33.7. The lowest BCUT2D eigenvalue weighted by atomic mass is 9.86. The summed E-state index contributed by atoms with van der Waals surface area (Å²) in [5.74, 6) is -0.721. The minimum atomic E-state index is -2.90. The van der Waals surface area contributed by atoms with Crippen molar-refractivity contribution >= 4 is 11.9 Å². The van der Waals surface area contributed by atoms with Crippen LogP contribution in [0.15, 0.2) is 18.2 Å². The topological polar surface area (TPSA) is 55.8 Å². The van der Waals surface area contributed by atoms with Gasteiger partial charge < -0.3 is 14.4 Å². The third-order valence-electron chi connectivity index (χ3n) is 4.20. The molecule has 0 aromatic heterocycles. The van der Waals surface area contributed by atoms with E-state index >= 15 is 0 Å². The predicted octanol–water partition coefficient (Wildman–Crippen LogP) is 1.95. The second kappa shape index (κ2) is 5.23. The van der Waals surface area contributed by atoms with Crippen LogP contribution in [0.3, 0.4) is 0 Å². The van der Waals surface area contributed by atoms with E-state index in [4.69, 9.17) is 0 Å². The highest BCUT2D eigenvalue weighted by atomic mass is 19.3. The zero-order valence-corrected chi connectivity index (χ0v) is 12.0. The van der Waals surface area contributed by atoms with Gasteiger partial charge in [-0.05, 0) is 36.6 Å². The molecule has 0 unspecified atom stereocenters. The molecule has 1 aromatic carbocycles. The molecule has 1 aliphatic heterocycles. The van der Waals surface area contributed by atoms with Crippen molar-refractivity contribution in [3.8, 4) is 5.75 Å². The predicted molar refractivity (Wildman–Crippen MR) is 71.9 cm³/mol. The number of halogens is 2. The highest BCUT2D eigenvalue weighted by Crippen LogP contribution is 2.53. The second-order valence-electron chi connectivity index (χ2n) is 5.60. The number of fused-ring (bicyclic) bond motifs is 2. The first-order chi connectivity index (χ1) is 10.4. The smallest absolute Gasteiger partial charge is 0.387 e. The first-order valence-corrected chi connectivity index (χ1v) is 6.91. The summed E-state index contributed by atoms with van der Waals surface area (Å²) in [6, 6.07) is 4.35. The van der Waals surface area contributed by atoms with E-state index in [1.54, 1.807) is 0 Å². The first kappa shape index (κ1) is 14.7. The summed E-state index contributed by atoms with van der Waals surface area (Å²) >= 11 is 0. The lowest BCUT2D eigenvalue weighted by Gasteiger charge is -2.34. The Balaban J connectivity index is 1.92. The summed E-state index contributed by atoms with van der Waals surface area (Å²) in [6.45, 7) is -2.61. The summed E-state index contributed by atoms with van der Waals surface area (Å²) in [4.78, 5) is 25.3. The van der Waals surface area contributed by atoms with Crippen molar-refractivity contribution < 1.29 is 27.8 Å². The monoisotopic (exact) mass is 311 g/mol. The molecule has 1 spiro atoms. The number of amides is 1. The number of esters is 1. The molecule has 1 heterocycles. The van der Waals surface area contributed by atoms with Gasteiger partial charge in [-0.2, -0.15) is 8.78 Å². The van der Waals surface area contributed by atoms with Crippen LogP contribution in [0, 0.1) is 0 Å². The number of methoxy groups -OCH3 is 1. The highest BCUT2D eigenvalue weighted by molar-refractivity contribution is 5.99. The van der Waals surface area contributed by atoms with Crippen molar-refractivity contribution in [2.24, 2.45) is 0 Å². The van der Waals surface area contributed by atoms with Gasteiger partial charge in [0.25, 0.3) is 5.91 Å². The Morgan fingerprint density at radius 2 is 2.14 bits per heavy atom. The third kappa shape index (κ3) is 2.51. The molecule has 5 nitrogen and oxygen atoms in total. The van der Waals surface area contributed by atoms with Crippen molar-refractivity contribution in [2.75, 3.05) is 20.2 Å². The van der Waals surface area contributed by atoms with Gasteiger partial charge >= 0.3 is 12.6 Å². The van der Waals surface area contributed by atoms with E-state index < -0.39 is 12.6 Å². The summed E-state index contributed by atoms with van der Waals surface area (Å²) in [6.07, 6.45) is 1.70. The number of benzene rings is 1. The summed E-state index contributed by atoms with van der Waals surface area (Å²) in [5.41, 5.74) is 0.921. The number of carbonyl (C=O) groups is 2. The average molecular weight is 311 g/mol. The normalized spacial score (nSPS) is 18.4. The van der Waals surface area contributed by atoms with Crippen molar-refractivity contribution in [1.82, 2.24) is 4.90 Å². The number of nitrogens with zero attached hydrogens (tertiary/aromatic N) is 1. The van der Waals surface area contributed by atoms with Gasteiger partial charge in [-0.1, -0.05) is 0 Å². The van der Waals surface area contributed by atoms with Gasteiger partial charge in [0, 0.05) is 17.5 Å². The van der Waals surface area contributed by atoms with Crippen molar-refractivity contribution in [3.63, 3.8) is 0 Å². The number of hydrogen-bond acceptors (Lipinski definition) is 4. The van der Waals surface area contributed by atoms with Gasteiger partial charge in [-0.3, -0.25) is 9.59 Å². The number of alkyl halides is 2. The molecule has 22 heavy (non-hydrogen) atoms. The largest absolute Gasteiger partial charge is 0.468 e. The van der Waals surface area contributed by atoms with E-state index in [0.29, 0.717) is 12.1 Å². The Labute approximate surface area is 125 Å². The Morgan fingerprint density at radius 1 is 1.41 bits per heavy atom. The van der Waals surface area contributed by atoms with Gasteiger partial charge in [0.15, 0.2) is 0 Å².